The van der Waals surface area contributed by atoms with E-state index in [4.69, 9.17) is 14.0 Å². The molecule has 0 aliphatic heterocycles. The van der Waals surface area contributed by atoms with Gasteiger partial charge in [0.1, 0.15) is 13.2 Å². The van der Waals surface area contributed by atoms with Crippen LogP contribution in [0.15, 0.2) is 0 Å². The molecule has 0 heterocycles. The molecule has 0 aromatic carbocycles. The maximum atomic E-state index is 10.8. The molecule has 0 saturated heterocycles. The summed E-state index contributed by atoms with van der Waals surface area (Å²) in [6, 6.07) is 0. The van der Waals surface area contributed by atoms with Crippen LogP contribution in [0.3, 0.4) is 0 Å². The molecule has 0 unspecified atom stereocenters. The summed E-state index contributed by atoms with van der Waals surface area (Å²) in [5.41, 5.74) is -0.664. The van der Waals surface area contributed by atoms with Crippen molar-refractivity contribution in [2.45, 2.75) is 26.4 Å². The zero-order valence-corrected chi connectivity index (χ0v) is 10.6. The van der Waals surface area contributed by atoms with Crippen molar-refractivity contribution in [1.29, 1.82) is 0 Å². The number of aliphatic hydroxyl groups excluding tert-OH is 2. The summed E-state index contributed by atoms with van der Waals surface area (Å²) in [5.74, 6) is -1.88. The average Bonchev–Trinajstić information content (AvgIpc) is 2.14. The molecule has 0 rings (SSSR count). The third-order valence-electron chi connectivity index (χ3n) is 1.16. The van der Waals surface area contributed by atoms with Gasteiger partial charge in [-0.3, -0.25) is 9.59 Å². The van der Waals surface area contributed by atoms with Gasteiger partial charge in [-0.1, -0.05) is 0 Å². The molecule has 0 aromatic heterocycles. The number of carbonyl (C=O) groups is 2. The maximum absolute atomic E-state index is 10.8. The fourth-order valence-corrected chi connectivity index (χ4v) is 1.95. The summed E-state index contributed by atoms with van der Waals surface area (Å²) in [6.07, 6.45) is 0. The highest BCUT2D eigenvalue weighted by molar-refractivity contribution is 6.42. The molecular weight excluding hydrogens is 235 g/mol. The Kier molecular flexibility index (Phi) is 6.56. The van der Waals surface area contributed by atoms with E-state index in [0.717, 1.165) is 0 Å². The first-order valence-corrected chi connectivity index (χ1v) is 5.98. The standard InChI is InChI=1S/C4H9O.2C2H4O3.Al/c1-4(2,3)5;2*3-1-2(4)5;/h1-3H3;2*3H,1H2,(H,4,5);/q-1;;;+3/p-2. The van der Waals surface area contributed by atoms with Crippen LogP contribution >= 0.6 is 0 Å². The first kappa shape index (κ1) is 15.4. The van der Waals surface area contributed by atoms with Crippen LogP contribution in [-0.2, 0) is 21.0 Å². The quantitative estimate of drug-likeness (QED) is 0.594. The summed E-state index contributed by atoms with van der Waals surface area (Å²) >= 11 is -3.03. The zero-order chi connectivity index (χ0) is 12.8. The maximum Gasteiger partial charge on any atom is 1.10 e. The topological polar surface area (TPSA) is 102 Å². The molecule has 0 saturated carbocycles. The van der Waals surface area contributed by atoms with Crippen LogP contribution < -0.4 is 0 Å². The molecule has 0 aliphatic rings. The molecule has 0 amide bonds. The molecule has 7 nitrogen and oxygen atoms in total. The smallest absolute Gasteiger partial charge is 0.560 e. The lowest BCUT2D eigenvalue weighted by molar-refractivity contribution is -0.148. The second-order valence-corrected chi connectivity index (χ2v) is 5.10. The van der Waals surface area contributed by atoms with Crippen molar-refractivity contribution in [3.05, 3.63) is 0 Å². The fraction of sp³-hybridized carbons (Fsp3) is 0.750. The zero-order valence-electron chi connectivity index (χ0n) is 9.43. The summed E-state index contributed by atoms with van der Waals surface area (Å²) in [6.45, 7) is 3.41. The molecule has 0 bridgehead atoms. The van der Waals surface area contributed by atoms with Crippen LogP contribution in [0.2, 0.25) is 0 Å². The van der Waals surface area contributed by atoms with Crippen LogP contribution in [-0.4, -0.2) is 56.1 Å². The fourth-order valence-electron chi connectivity index (χ4n) is 0.650. The van der Waals surface area contributed by atoms with Gasteiger partial charge in [0.05, 0.1) is 0 Å². The second-order valence-electron chi connectivity index (χ2n) is 3.81. The van der Waals surface area contributed by atoms with Gasteiger partial charge in [0.2, 0.25) is 0 Å². The molecule has 0 aliphatic carbocycles. The van der Waals surface area contributed by atoms with Gasteiger partial charge in [-0.15, -0.1) is 0 Å². The Hall–Kier alpha value is -0.648. The Morgan fingerprint density at radius 2 is 1.44 bits per heavy atom. The Morgan fingerprint density at radius 3 is 1.69 bits per heavy atom. The normalized spacial score (nSPS) is 10.8. The van der Waals surface area contributed by atoms with Gasteiger partial charge in [0.25, 0.3) is 11.9 Å². The highest BCUT2D eigenvalue weighted by Gasteiger charge is 2.46. The van der Waals surface area contributed by atoms with E-state index in [0.29, 0.717) is 0 Å². The lowest BCUT2D eigenvalue weighted by atomic mass is 10.2. The Morgan fingerprint density at radius 1 is 1.06 bits per heavy atom. The number of hydrogen-bond acceptors (Lipinski definition) is 7. The van der Waals surface area contributed by atoms with Gasteiger partial charge >= 0.3 is 15.1 Å². The van der Waals surface area contributed by atoms with Crippen molar-refractivity contribution in [1.82, 2.24) is 0 Å². The average molecular weight is 250 g/mol. The Labute approximate surface area is 98.3 Å². The summed E-state index contributed by atoms with van der Waals surface area (Å²) in [4.78, 5) is 21.6. The van der Waals surface area contributed by atoms with E-state index in [1.165, 1.54) is 0 Å². The molecule has 92 valence electrons. The predicted octanol–water partition coefficient (Wildman–Crippen LogP) is -1.14. The van der Waals surface area contributed by atoms with E-state index in [1.807, 2.05) is 0 Å². The molecule has 0 atom stereocenters. The second kappa shape index (κ2) is 6.83. The first-order chi connectivity index (χ1) is 7.28. The van der Waals surface area contributed by atoms with Gasteiger partial charge in [-0.05, 0) is 20.8 Å². The minimum atomic E-state index is -3.03. The molecule has 8 heteroatoms. The van der Waals surface area contributed by atoms with Gasteiger partial charge in [0, 0.05) is 5.60 Å². The van der Waals surface area contributed by atoms with Gasteiger partial charge < -0.3 is 21.6 Å². The predicted molar refractivity (Wildman–Crippen MR) is 52.9 cm³/mol. The molecule has 0 spiro atoms. The van der Waals surface area contributed by atoms with Crippen molar-refractivity contribution >= 4 is 27.1 Å². The lowest BCUT2D eigenvalue weighted by Crippen LogP contribution is -2.40. The number of rotatable bonds is 5. The molecule has 0 fully saturated rings. The van der Waals surface area contributed by atoms with Crippen LogP contribution in [0.5, 0.6) is 0 Å². The van der Waals surface area contributed by atoms with E-state index in [1.54, 1.807) is 20.8 Å². The van der Waals surface area contributed by atoms with Crippen molar-refractivity contribution < 1.29 is 31.2 Å². The van der Waals surface area contributed by atoms with Crippen LogP contribution in [0, 0.1) is 0 Å². The Balaban J connectivity index is 4.38. The first-order valence-electron chi connectivity index (χ1n) is 4.57. The van der Waals surface area contributed by atoms with E-state index in [2.05, 4.69) is 7.58 Å². The highest BCUT2D eigenvalue weighted by Crippen LogP contribution is 2.10. The van der Waals surface area contributed by atoms with Crippen molar-refractivity contribution in [3.63, 3.8) is 0 Å². The van der Waals surface area contributed by atoms with E-state index in [-0.39, 0.29) is 0 Å². The van der Waals surface area contributed by atoms with Crippen molar-refractivity contribution in [3.8, 4) is 0 Å². The van der Waals surface area contributed by atoms with Crippen LogP contribution in [0.4, 0.5) is 0 Å². The summed E-state index contributed by atoms with van der Waals surface area (Å²) in [5, 5.41) is 17.0. The molecule has 0 radical (unpaired) electrons. The van der Waals surface area contributed by atoms with E-state index in [9.17, 15) is 9.59 Å². The highest BCUT2D eigenvalue weighted by atomic mass is 27.3. The van der Waals surface area contributed by atoms with Crippen LogP contribution in [0.1, 0.15) is 20.8 Å². The van der Waals surface area contributed by atoms with Crippen molar-refractivity contribution in [2.75, 3.05) is 13.2 Å². The SMILES string of the molecule is CC(C)(C)[O][Al]([O]C(=O)CO)[O]C(=O)CO. The van der Waals surface area contributed by atoms with E-state index < -0.39 is 45.9 Å². The summed E-state index contributed by atoms with van der Waals surface area (Å²) < 4.78 is 14.5. The summed E-state index contributed by atoms with van der Waals surface area (Å²) in [7, 11) is 0. The van der Waals surface area contributed by atoms with Gasteiger partial charge in [-0.2, -0.15) is 0 Å². The lowest BCUT2D eigenvalue weighted by Gasteiger charge is -2.22. The number of carbonyl (C=O) groups excluding carboxylic acids is 2. The minimum Gasteiger partial charge on any atom is -0.560 e. The van der Waals surface area contributed by atoms with Gasteiger partial charge in [-0.25, -0.2) is 0 Å². The van der Waals surface area contributed by atoms with Gasteiger partial charge in [0.15, 0.2) is 0 Å². The van der Waals surface area contributed by atoms with E-state index >= 15 is 0 Å². The third-order valence-corrected chi connectivity index (χ3v) is 2.97. The minimum absolute atomic E-state index is 0.664. The molecule has 2 N–H and O–H groups in total. The monoisotopic (exact) mass is 250 g/mol. The molecule has 0 aromatic rings. The Bertz CT molecular complexity index is 229. The number of hydrogen-bond donors (Lipinski definition) is 2. The van der Waals surface area contributed by atoms with Crippen molar-refractivity contribution in [2.24, 2.45) is 0 Å². The largest absolute Gasteiger partial charge is 1.10 e. The number of aliphatic hydroxyl groups is 2. The molecule has 16 heavy (non-hydrogen) atoms. The third kappa shape index (κ3) is 7.62. The van der Waals surface area contributed by atoms with Crippen LogP contribution in [0.25, 0.3) is 0 Å². The molecular formula is C8H15AlO7.